The minimum Gasteiger partial charge on any atom is -0.465 e. The van der Waals surface area contributed by atoms with E-state index in [0.717, 1.165) is 57.9 Å². The molecule has 1 atom stereocenters. The van der Waals surface area contributed by atoms with Crippen LogP contribution in [-0.4, -0.2) is 53.1 Å². The first-order chi connectivity index (χ1) is 18.7. The van der Waals surface area contributed by atoms with E-state index in [-0.39, 0.29) is 17.6 Å². The molecule has 1 N–H and O–H groups in total. The van der Waals surface area contributed by atoms with Crippen molar-refractivity contribution in [3.05, 3.63) is 65.0 Å². The fourth-order valence-corrected chi connectivity index (χ4v) is 5.66. The Hall–Kier alpha value is -3.83. The van der Waals surface area contributed by atoms with Crippen molar-refractivity contribution in [3.8, 4) is 17.2 Å². The lowest BCUT2D eigenvalue weighted by Crippen LogP contribution is -2.42. The van der Waals surface area contributed by atoms with E-state index in [1.165, 1.54) is 4.90 Å². The summed E-state index contributed by atoms with van der Waals surface area (Å²) in [6, 6.07) is 17.3. The molecule has 5 rings (SSSR count). The van der Waals surface area contributed by atoms with Gasteiger partial charge >= 0.3 is 6.09 Å². The number of ether oxygens (including phenoxy) is 1. The molecule has 0 spiro atoms. The molecular formula is C31H36N4O4. The first-order valence-electron chi connectivity index (χ1n) is 13.7. The Bertz CT molecular complexity index is 1360. The number of hydrogen-bond acceptors (Lipinski definition) is 6. The molecule has 1 saturated carbocycles. The zero-order valence-corrected chi connectivity index (χ0v) is 23.1. The zero-order valence-electron chi connectivity index (χ0n) is 23.1. The fourth-order valence-electron chi connectivity index (χ4n) is 5.66. The average molecular weight is 529 g/mol. The number of aryl methyl sites for hydroxylation is 3. The Morgan fingerprint density at radius 2 is 1.90 bits per heavy atom. The molecule has 8 heteroatoms. The second-order valence-corrected chi connectivity index (χ2v) is 11.0. The van der Waals surface area contributed by atoms with Crippen molar-refractivity contribution < 1.29 is 19.2 Å². The summed E-state index contributed by atoms with van der Waals surface area (Å²) in [5.74, 6) is 0.786. The molecule has 0 bridgehead atoms. The smallest absolute Gasteiger partial charge is 0.407 e. The van der Waals surface area contributed by atoms with Crippen LogP contribution in [0.5, 0.6) is 0 Å². The maximum absolute atomic E-state index is 11.3. The van der Waals surface area contributed by atoms with Gasteiger partial charge in [0.05, 0.1) is 29.4 Å². The van der Waals surface area contributed by atoms with Crippen molar-refractivity contribution in [2.24, 2.45) is 0 Å². The maximum Gasteiger partial charge on any atom is 0.407 e. The van der Waals surface area contributed by atoms with Crippen molar-refractivity contribution in [2.75, 3.05) is 24.5 Å². The van der Waals surface area contributed by atoms with Crippen molar-refractivity contribution in [2.45, 2.75) is 71.0 Å². The Balaban J connectivity index is 1.44. The molecule has 2 aromatic carbocycles. The molecule has 2 aliphatic rings. The second-order valence-electron chi connectivity index (χ2n) is 11.0. The van der Waals surface area contributed by atoms with Gasteiger partial charge in [0.25, 0.3) is 0 Å². The van der Waals surface area contributed by atoms with Gasteiger partial charge in [0.2, 0.25) is 0 Å². The normalized spacial score (nSPS) is 17.5. The van der Waals surface area contributed by atoms with Crippen LogP contribution in [0.2, 0.25) is 0 Å². The highest BCUT2D eigenvalue weighted by Crippen LogP contribution is 2.48. The number of carbonyl (C=O) groups is 1. The first-order valence-corrected chi connectivity index (χ1v) is 13.7. The highest BCUT2D eigenvalue weighted by atomic mass is 16.5. The van der Waals surface area contributed by atoms with Crippen molar-refractivity contribution >= 4 is 17.5 Å². The van der Waals surface area contributed by atoms with Crippen LogP contribution >= 0.6 is 0 Å². The number of anilines is 2. The van der Waals surface area contributed by atoms with Crippen LogP contribution in [0.3, 0.4) is 0 Å². The third-order valence-electron chi connectivity index (χ3n) is 8.09. The van der Waals surface area contributed by atoms with Crippen molar-refractivity contribution in [1.82, 2.24) is 10.1 Å². The first kappa shape index (κ1) is 26.8. The van der Waals surface area contributed by atoms with Gasteiger partial charge in [-0.2, -0.15) is 5.26 Å². The Morgan fingerprint density at radius 1 is 1.21 bits per heavy atom. The molecule has 1 saturated heterocycles. The van der Waals surface area contributed by atoms with Crippen molar-refractivity contribution in [1.29, 1.82) is 5.26 Å². The van der Waals surface area contributed by atoms with E-state index in [1.807, 2.05) is 13.8 Å². The molecule has 1 aromatic heterocycles. The number of likely N-dealkylation sites (tertiary alicyclic amines) is 1. The van der Waals surface area contributed by atoms with Gasteiger partial charge in [-0.25, -0.2) is 4.79 Å². The number of nitriles is 1. The number of piperidine rings is 1. The van der Waals surface area contributed by atoms with E-state index in [4.69, 9.17) is 9.26 Å². The number of nitrogens with zero attached hydrogens (tertiary/aromatic N) is 4. The SMILES string of the molecule is Cc1ccc(-c2c(C)noc2C)cc1N(CC(C)OC1CCN(C(=O)O)CC1)c1ccc(C2(C#N)CC2)cc1. The fraction of sp³-hybridized carbons (Fsp3) is 0.452. The van der Waals surface area contributed by atoms with Gasteiger partial charge in [0, 0.05) is 36.6 Å². The minimum atomic E-state index is -0.867. The molecule has 2 heterocycles. The highest BCUT2D eigenvalue weighted by Gasteiger charge is 2.44. The zero-order chi connectivity index (χ0) is 27.7. The van der Waals surface area contributed by atoms with E-state index >= 15 is 0 Å². The number of benzene rings is 2. The van der Waals surface area contributed by atoms with Crippen LogP contribution in [0.25, 0.3) is 11.1 Å². The van der Waals surface area contributed by atoms with Crippen molar-refractivity contribution in [3.63, 3.8) is 0 Å². The van der Waals surface area contributed by atoms with Gasteiger partial charge in [-0.1, -0.05) is 29.4 Å². The van der Waals surface area contributed by atoms with Gasteiger partial charge in [-0.15, -0.1) is 0 Å². The molecule has 3 aromatic rings. The molecule has 8 nitrogen and oxygen atoms in total. The molecule has 1 unspecified atom stereocenters. The van der Waals surface area contributed by atoms with Crippen LogP contribution < -0.4 is 4.90 Å². The number of rotatable bonds is 8. The maximum atomic E-state index is 11.3. The summed E-state index contributed by atoms with van der Waals surface area (Å²) in [7, 11) is 0. The van der Waals surface area contributed by atoms with Gasteiger partial charge in [0.15, 0.2) is 0 Å². The van der Waals surface area contributed by atoms with Crippen LogP contribution in [0.15, 0.2) is 47.0 Å². The predicted molar refractivity (Wildman–Crippen MR) is 149 cm³/mol. The summed E-state index contributed by atoms with van der Waals surface area (Å²) >= 11 is 0. The molecule has 1 aliphatic heterocycles. The molecule has 2 fully saturated rings. The topological polar surface area (TPSA) is 103 Å². The van der Waals surface area contributed by atoms with E-state index in [2.05, 4.69) is 72.4 Å². The molecule has 0 radical (unpaired) electrons. The van der Waals surface area contributed by atoms with E-state index in [9.17, 15) is 15.2 Å². The summed E-state index contributed by atoms with van der Waals surface area (Å²) < 4.78 is 11.9. The van der Waals surface area contributed by atoms with Crippen LogP contribution in [-0.2, 0) is 10.2 Å². The van der Waals surface area contributed by atoms with Gasteiger partial charge in [0.1, 0.15) is 5.76 Å². The summed E-state index contributed by atoms with van der Waals surface area (Å²) in [6.07, 6.45) is 2.29. The minimum absolute atomic E-state index is 0.0277. The lowest BCUT2D eigenvalue weighted by Gasteiger charge is -2.34. The van der Waals surface area contributed by atoms with E-state index in [0.29, 0.717) is 32.5 Å². The Morgan fingerprint density at radius 3 is 2.46 bits per heavy atom. The lowest BCUT2D eigenvalue weighted by molar-refractivity contribution is -0.0275. The van der Waals surface area contributed by atoms with Crippen LogP contribution in [0.4, 0.5) is 16.2 Å². The third-order valence-corrected chi connectivity index (χ3v) is 8.09. The number of aromatic nitrogens is 1. The summed E-state index contributed by atoms with van der Waals surface area (Å²) in [5.41, 5.74) is 6.88. The molecule has 1 aliphatic carbocycles. The third kappa shape index (κ3) is 5.50. The summed E-state index contributed by atoms with van der Waals surface area (Å²) in [4.78, 5) is 15.0. The quantitative estimate of drug-likeness (QED) is 0.356. The highest BCUT2D eigenvalue weighted by molar-refractivity contribution is 5.76. The molecule has 204 valence electrons. The number of amides is 1. The Kier molecular flexibility index (Phi) is 7.37. The standard InChI is InChI=1S/C31H36N4O4/c1-20-5-6-24(29-22(3)33-39-23(29)4)17-28(20)35(26-9-7-25(8-10-26)31(19-32)13-14-31)18-21(2)38-27-11-15-34(16-12-27)30(36)37/h5-10,17,21,27H,11-16,18H2,1-4H3,(H,36,37). The van der Waals surface area contributed by atoms with Crippen LogP contribution in [0.1, 0.15) is 55.2 Å². The second kappa shape index (κ2) is 10.7. The number of hydrogen-bond donors (Lipinski definition) is 1. The van der Waals surface area contributed by atoms with E-state index in [1.54, 1.807) is 0 Å². The lowest BCUT2D eigenvalue weighted by atomic mass is 9.97. The average Bonchev–Trinajstić information content (AvgIpc) is 3.66. The Labute approximate surface area is 229 Å². The largest absolute Gasteiger partial charge is 0.465 e. The van der Waals surface area contributed by atoms with Crippen LogP contribution in [0, 0.1) is 32.1 Å². The molecular weight excluding hydrogens is 492 g/mol. The van der Waals surface area contributed by atoms with Gasteiger partial charge in [-0.05, 0) is 88.3 Å². The monoisotopic (exact) mass is 528 g/mol. The predicted octanol–water partition coefficient (Wildman–Crippen LogP) is 6.51. The summed E-state index contributed by atoms with van der Waals surface area (Å²) in [5, 5.41) is 23.1. The summed E-state index contributed by atoms with van der Waals surface area (Å²) in [6.45, 7) is 9.68. The van der Waals surface area contributed by atoms with Gasteiger partial charge in [-0.3, -0.25) is 0 Å². The van der Waals surface area contributed by atoms with E-state index < -0.39 is 6.09 Å². The number of carboxylic acid groups (broad SMARTS) is 1. The molecule has 1 amide bonds. The molecule has 39 heavy (non-hydrogen) atoms. The van der Waals surface area contributed by atoms with Gasteiger partial charge < -0.3 is 24.2 Å².